The maximum absolute atomic E-state index is 5.82. The van der Waals surface area contributed by atoms with Crippen molar-refractivity contribution in [2.24, 2.45) is 0 Å². The highest BCUT2D eigenvalue weighted by Gasteiger charge is 2.13. The number of nitrogens with zero attached hydrogens (tertiary/aromatic N) is 3. The van der Waals surface area contributed by atoms with Gasteiger partial charge < -0.3 is 9.47 Å². The summed E-state index contributed by atoms with van der Waals surface area (Å²) < 4.78 is 13.2. The Labute approximate surface area is 157 Å². The molecule has 3 rings (SSSR count). The van der Waals surface area contributed by atoms with Crippen LogP contribution in [0.25, 0.3) is 11.4 Å². The van der Waals surface area contributed by atoms with Crippen LogP contribution in [-0.2, 0) is 6.54 Å². The lowest BCUT2D eigenvalue weighted by atomic mass is 10.2. The Hall–Kier alpha value is -2.73. The van der Waals surface area contributed by atoms with Crippen molar-refractivity contribution < 1.29 is 9.47 Å². The van der Waals surface area contributed by atoms with Gasteiger partial charge in [-0.05, 0) is 12.1 Å². The number of ether oxygens (including phenoxy) is 2. The third-order valence-electron chi connectivity index (χ3n) is 3.70. The van der Waals surface area contributed by atoms with Crippen LogP contribution in [-0.4, -0.2) is 34.2 Å². The van der Waals surface area contributed by atoms with Crippen molar-refractivity contribution in [2.75, 3.05) is 19.5 Å². The Balaban J connectivity index is 1.65. The molecule has 2 aromatic carbocycles. The van der Waals surface area contributed by atoms with Crippen molar-refractivity contribution >= 4 is 11.8 Å². The molecule has 0 saturated carbocycles. The van der Waals surface area contributed by atoms with Crippen molar-refractivity contribution in [3.63, 3.8) is 0 Å². The Bertz CT molecular complexity index is 849. The molecule has 26 heavy (non-hydrogen) atoms. The van der Waals surface area contributed by atoms with Crippen LogP contribution in [0.5, 0.6) is 11.5 Å². The summed E-state index contributed by atoms with van der Waals surface area (Å²) in [6, 6.07) is 17.7. The first-order chi connectivity index (χ1) is 12.8. The topological polar surface area (TPSA) is 49.2 Å². The van der Waals surface area contributed by atoms with Gasteiger partial charge in [0.05, 0.1) is 13.7 Å². The van der Waals surface area contributed by atoms with Crippen LogP contribution in [0.3, 0.4) is 0 Å². The fourth-order valence-electron chi connectivity index (χ4n) is 2.51. The van der Waals surface area contributed by atoms with Crippen LogP contribution in [0.2, 0.25) is 0 Å². The first-order valence-electron chi connectivity index (χ1n) is 8.31. The van der Waals surface area contributed by atoms with E-state index in [1.807, 2.05) is 60.7 Å². The number of benzene rings is 2. The zero-order valence-electron chi connectivity index (χ0n) is 14.7. The number of allylic oxidation sites excluding steroid dienone is 1. The van der Waals surface area contributed by atoms with Gasteiger partial charge in [-0.1, -0.05) is 60.3 Å². The monoisotopic (exact) mass is 367 g/mol. The van der Waals surface area contributed by atoms with Gasteiger partial charge in [0.25, 0.3) is 0 Å². The minimum Gasteiger partial charge on any atom is -0.493 e. The summed E-state index contributed by atoms with van der Waals surface area (Å²) in [5, 5.41) is 9.54. The lowest BCUT2D eigenvalue weighted by Gasteiger charge is -2.10. The molecule has 0 N–H and O–H groups in total. The molecule has 0 bridgehead atoms. The number of hydrogen-bond acceptors (Lipinski definition) is 5. The molecule has 0 saturated heterocycles. The van der Waals surface area contributed by atoms with Gasteiger partial charge in [0, 0.05) is 17.9 Å². The molecule has 1 heterocycles. The van der Waals surface area contributed by atoms with Crippen molar-refractivity contribution in [2.45, 2.75) is 11.7 Å². The van der Waals surface area contributed by atoms with Crippen molar-refractivity contribution in [1.82, 2.24) is 14.8 Å². The van der Waals surface area contributed by atoms with Crippen LogP contribution in [0.4, 0.5) is 0 Å². The lowest BCUT2D eigenvalue weighted by molar-refractivity contribution is 0.313. The molecule has 0 aliphatic carbocycles. The van der Waals surface area contributed by atoms with Gasteiger partial charge in [0.2, 0.25) is 0 Å². The lowest BCUT2D eigenvalue weighted by Crippen LogP contribution is -2.04. The van der Waals surface area contributed by atoms with Crippen LogP contribution >= 0.6 is 11.8 Å². The van der Waals surface area contributed by atoms with E-state index in [0.29, 0.717) is 13.2 Å². The fourth-order valence-corrected chi connectivity index (χ4v) is 3.28. The van der Waals surface area contributed by atoms with Crippen LogP contribution in [0.1, 0.15) is 0 Å². The van der Waals surface area contributed by atoms with Crippen LogP contribution < -0.4 is 9.47 Å². The van der Waals surface area contributed by atoms with E-state index in [0.717, 1.165) is 33.8 Å². The molecule has 0 fully saturated rings. The zero-order chi connectivity index (χ0) is 18.2. The molecule has 134 valence electrons. The zero-order valence-corrected chi connectivity index (χ0v) is 15.5. The van der Waals surface area contributed by atoms with E-state index >= 15 is 0 Å². The second-order valence-corrected chi connectivity index (χ2v) is 6.48. The molecule has 5 nitrogen and oxygen atoms in total. The highest BCUT2D eigenvalue weighted by molar-refractivity contribution is 7.99. The second-order valence-electron chi connectivity index (χ2n) is 5.42. The summed E-state index contributed by atoms with van der Waals surface area (Å²) in [6.45, 7) is 5.05. The highest BCUT2D eigenvalue weighted by Crippen LogP contribution is 2.27. The van der Waals surface area contributed by atoms with Crippen LogP contribution in [0.15, 0.2) is 72.4 Å². The summed E-state index contributed by atoms with van der Waals surface area (Å²) in [4.78, 5) is 0. The molecule has 0 spiro atoms. The summed E-state index contributed by atoms with van der Waals surface area (Å²) >= 11 is 1.61. The van der Waals surface area contributed by atoms with Crippen molar-refractivity contribution in [3.05, 3.63) is 67.3 Å². The molecule has 0 amide bonds. The summed E-state index contributed by atoms with van der Waals surface area (Å²) in [5.74, 6) is 3.08. The quantitative estimate of drug-likeness (QED) is 0.320. The average molecular weight is 367 g/mol. The van der Waals surface area contributed by atoms with Gasteiger partial charge in [-0.3, -0.25) is 4.57 Å². The third kappa shape index (κ3) is 4.26. The van der Waals surface area contributed by atoms with E-state index in [4.69, 9.17) is 9.47 Å². The molecule has 0 radical (unpaired) electrons. The standard InChI is InChI=1S/C20H21N3O2S/c1-3-13-23-19(16-9-5-4-6-10-16)21-22-20(23)26-15-14-25-18-12-8-7-11-17(18)24-2/h3-12H,1,13-15H2,2H3. The van der Waals surface area contributed by atoms with E-state index in [1.54, 1.807) is 18.9 Å². The van der Waals surface area contributed by atoms with Crippen molar-refractivity contribution in [3.8, 4) is 22.9 Å². The van der Waals surface area contributed by atoms with E-state index in [9.17, 15) is 0 Å². The number of para-hydroxylation sites is 2. The number of methoxy groups -OCH3 is 1. The maximum atomic E-state index is 5.82. The van der Waals surface area contributed by atoms with E-state index in [-0.39, 0.29) is 0 Å². The van der Waals surface area contributed by atoms with Gasteiger partial charge in [-0.15, -0.1) is 16.8 Å². The second kappa shape index (κ2) is 9.10. The first kappa shape index (κ1) is 18.1. The number of rotatable bonds is 9. The summed E-state index contributed by atoms with van der Waals surface area (Å²) in [5.41, 5.74) is 1.04. The average Bonchev–Trinajstić information content (AvgIpc) is 3.09. The molecular weight excluding hydrogens is 346 g/mol. The van der Waals surface area contributed by atoms with E-state index in [2.05, 4.69) is 21.3 Å². The summed E-state index contributed by atoms with van der Waals surface area (Å²) in [6.07, 6.45) is 1.85. The van der Waals surface area contributed by atoms with E-state index in [1.165, 1.54) is 0 Å². The molecule has 6 heteroatoms. The minimum atomic E-state index is 0.548. The number of aromatic nitrogens is 3. The third-order valence-corrected chi connectivity index (χ3v) is 4.63. The fraction of sp³-hybridized carbons (Fsp3) is 0.200. The maximum Gasteiger partial charge on any atom is 0.191 e. The molecule has 1 aromatic heterocycles. The van der Waals surface area contributed by atoms with Crippen molar-refractivity contribution in [1.29, 1.82) is 0 Å². The number of hydrogen-bond donors (Lipinski definition) is 0. The Morgan fingerprint density at radius 3 is 2.50 bits per heavy atom. The molecule has 0 unspecified atom stereocenters. The van der Waals surface area contributed by atoms with Gasteiger partial charge in [0.1, 0.15) is 0 Å². The SMILES string of the molecule is C=CCn1c(SCCOc2ccccc2OC)nnc1-c1ccccc1. The minimum absolute atomic E-state index is 0.548. The van der Waals surface area contributed by atoms with Gasteiger partial charge in [0.15, 0.2) is 22.5 Å². The van der Waals surface area contributed by atoms with Gasteiger partial charge in [-0.2, -0.15) is 0 Å². The summed E-state index contributed by atoms with van der Waals surface area (Å²) in [7, 11) is 1.64. The number of thioether (sulfide) groups is 1. The molecule has 3 aromatic rings. The highest BCUT2D eigenvalue weighted by atomic mass is 32.2. The van der Waals surface area contributed by atoms with E-state index < -0.39 is 0 Å². The predicted octanol–water partition coefficient (Wildman–Crippen LogP) is 4.31. The Kier molecular flexibility index (Phi) is 6.33. The Morgan fingerprint density at radius 1 is 1.04 bits per heavy atom. The molecular formula is C20H21N3O2S. The Morgan fingerprint density at radius 2 is 1.77 bits per heavy atom. The largest absolute Gasteiger partial charge is 0.493 e. The normalized spacial score (nSPS) is 10.5. The van der Waals surface area contributed by atoms with Gasteiger partial charge >= 0.3 is 0 Å². The predicted molar refractivity (Wildman–Crippen MR) is 105 cm³/mol. The van der Waals surface area contributed by atoms with Crippen LogP contribution in [0, 0.1) is 0 Å². The molecule has 0 aliphatic rings. The van der Waals surface area contributed by atoms with Gasteiger partial charge in [-0.25, -0.2) is 0 Å². The smallest absolute Gasteiger partial charge is 0.191 e. The molecule has 0 atom stereocenters. The first-order valence-corrected chi connectivity index (χ1v) is 9.30. The molecule has 0 aliphatic heterocycles.